The van der Waals surface area contributed by atoms with Crippen molar-refractivity contribution < 1.29 is 9.84 Å². The van der Waals surface area contributed by atoms with E-state index in [0.29, 0.717) is 18.2 Å². The van der Waals surface area contributed by atoms with Gasteiger partial charge in [0.1, 0.15) is 17.4 Å². The molecule has 0 heterocycles. The average molecular weight is 502 g/mol. The Morgan fingerprint density at radius 3 is 1.91 bits per heavy atom. The number of ether oxygens (including phenoxy) is 1. The van der Waals surface area contributed by atoms with Gasteiger partial charge in [0.2, 0.25) is 5.96 Å². The molecule has 0 atom stereocenters. The molecule has 35 heavy (non-hydrogen) atoms. The Balaban J connectivity index is 2.21. The largest absolute Gasteiger partial charge is 0.507 e. The van der Waals surface area contributed by atoms with E-state index in [1.54, 1.807) is 11.9 Å². The van der Waals surface area contributed by atoms with Crippen LogP contribution in [-0.2, 0) is 17.4 Å². The Bertz CT molecular complexity index is 1040. The van der Waals surface area contributed by atoms with E-state index in [0.717, 1.165) is 22.4 Å². The van der Waals surface area contributed by atoms with E-state index in [-0.39, 0.29) is 22.7 Å². The smallest absolute Gasteiger partial charge is 0.221 e. The molecule has 0 bridgehead atoms. The summed E-state index contributed by atoms with van der Waals surface area (Å²) in [6.07, 6.45) is 4.47. The van der Waals surface area contributed by atoms with Crippen LogP contribution in [-0.4, -0.2) is 47.4 Å². The normalized spacial score (nSPS) is 12.7. The van der Waals surface area contributed by atoms with Gasteiger partial charge < -0.3 is 26.2 Å². The number of phenolic OH excluding ortho intramolecular Hbond substituents is 1. The number of nitrogens with zero attached hydrogens (tertiary/aromatic N) is 2. The summed E-state index contributed by atoms with van der Waals surface area (Å²) < 4.78 is 6.37. The Labute approximate surface area is 212 Å². The van der Waals surface area contributed by atoms with E-state index < -0.39 is 10.0 Å². The van der Waals surface area contributed by atoms with Crippen LogP contribution >= 0.6 is 10.0 Å². The van der Waals surface area contributed by atoms with Gasteiger partial charge in [-0.1, -0.05) is 53.7 Å². The van der Waals surface area contributed by atoms with E-state index >= 15 is 0 Å². The topological polar surface area (TPSA) is 121 Å². The van der Waals surface area contributed by atoms with Gasteiger partial charge in [-0.2, -0.15) is 15.0 Å². The zero-order valence-corrected chi connectivity index (χ0v) is 23.5. The van der Waals surface area contributed by atoms with Gasteiger partial charge >= 0.3 is 0 Å². The van der Waals surface area contributed by atoms with Gasteiger partial charge in [0.25, 0.3) is 0 Å². The number of rotatable bonds is 6. The first-order valence-corrected chi connectivity index (χ1v) is 14.2. The lowest BCUT2D eigenvalue weighted by molar-refractivity contribution is 0.378. The number of phenols is 1. The van der Waals surface area contributed by atoms with E-state index in [1.165, 1.54) is 4.90 Å². The highest BCUT2D eigenvalue weighted by Crippen LogP contribution is 2.49. The van der Waals surface area contributed by atoms with Crippen LogP contribution in [0.4, 0.5) is 0 Å². The molecule has 194 valence electrons. The maximum absolute atomic E-state index is 11.0. The lowest BCUT2D eigenvalue weighted by Crippen LogP contribution is -2.30. The average Bonchev–Trinajstić information content (AvgIpc) is 2.71. The number of nitrogens with one attached hydrogen (secondary N) is 1. The lowest BCUT2D eigenvalue weighted by Gasteiger charge is -2.33. The summed E-state index contributed by atoms with van der Waals surface area (Å²) in [6, 6.07) is 12.3. The molecule has 2 aromatic rings. The first kappa shape index (κ1) is 28.4. The molecular formula is C27H43N5O2S. The molecule has 2 aromatic carbocycles. The quantitative estimate of drug-likeness (QED) is 0.325. The summed E-state index contributed by atoms with van der Waals surface area (Å²) in [7, 11) is 0.541. The van der Waals surface area contributed by atoms with Crippen LogP contribution < -0.4 is 16.2 Å². The number of aromatic hydroxyl groups is 1. The summed E-state index contributed by atoms with van der Waals surface area (Å²) in [6.45, 7) is 13.1. The van der Waals surface area contributed by atoms with Crippen molar-refractivity contribution >= 4 is 21.9 Å². The molecule has 8 heteroatoms. The van der Waals surface area contributed by atoms with Crippen molar-refractivity contribution in [3.05, 3.63) is 53.1 Å². The van der Waals surface area contributed by atoms with Crippen molar-refractivity contribution in [3.8, 4) is 11.5 Å². The molecule has 0 radical (unpaired) electrons. The predicted octanol–water partition coefficient (Wildman–Crippen LogP) is 5.09. The second-order valence-electron chi connectivity index (χ2n) is 11.5. The fourth-order valence-corrected chi connectivity index (χ4v) is 5.08. The van der Waals surface area contributed by atoms with Gasteiger partial charge in [0.05, 0.1) is 0 Å². The minimum absolute atomic E-state index is 0.0200. The molecule has 0 aliphatic carbocycles. The van der Waals surface area contributed by atoms with E-state index in [2.05, 4.69) is 83.3 Å². The fraction of sp³-hybridized carbons (Fsp3) is 0.481. The molecular weight excluding hydrogens is 458 g/mol. The summed E-state index contributed by atoms with van der Waals surface area (Å²) in [4.78, 5) is 6.70. The third-order valence-electron chi connectivity index (χ3n) is 5.80. The predicted molar refractivity (Wildman–Crippen MR) is 150 cm³/mol. The molecule has 7 nitrogen and oxygen atoms in total. The minimum Gasteiger partial charge on any atom is -0.507 e. The molecule has 0 amide bonds. The SMILES string of the molecule is CN(Cc1ccc(S(C)(C)COc2cc(C(C)(C)C)c(O)c(C(C)(C)C)c2)cc1)C(=N)N=C(N)N. The van der Waals surface area contributed by atoms with Gasteiger partial charge in [0, 0.05) is 24.7 Å². The van der Waals surface area contributed by atoms with Crippen LogP contribution in [0.3, 0.4) is 0 Å². The van der Waals surface area contributed by atoms with Gasteiger partial charge in [-0.25, -0.2) is 0 Å². The van der Waals surface area contributed by atoms with Crippen LogP contribution in [0.15, 0.2) is 46.3 Å². The van der Waals surface area contributed by atoms with Crippen LogP contribution in [0.1, 0.15) is 58.2 Å². The summed E-state index contributed by atoms with van der Waals surface area (Å²) in [5.41, 5.74) is 13.2. The highest BCUT2D eigenvalue weighted by molar-refractivity contribution is 8.32. The summed E-state index contributed by atoms with van der Waals surface area (Å²) in [5, 5.41) is 18.9. The number of benzene rings is 2. The van der Waals surface area contributed by atoms with Crippen LogP contribution in [0.5, 0.6) is 11.5 Å². The van der Waals surface area contributed by atoms with Crippen LogP contribution in [0.2, 0.25) is 0 Å². The number of hydrogen-bond donors (Lipinski definition) is 4. The van der Waals surface area contributed by atoms with E-state index in [4.69, 9.17) is 21.6 Å². The van der Waals surface area contributed by atoms with Crippen molar-refractivity contribution in [1.29, 1.82) is 5.41 Å². The molecule has 0 spiro atoms. The highest BCUT2D eigenvalue weighted by atomic mass is 32.3. The van der Waals surface area contributed by atoms with Crippen molar-refractivity contribution in [2.75, 3.05) is 25.5 Å². The number of aliphatic imine (C=N–C) groups is 1. The Hall–Kier alpha value is -2.87. The highest BCUT2D eigenvalue weighted by Gasteiger charge is 2.27. The molecule has 0 aliphatic rings. The first-order valence-electron chi connectivity index (χ1n) is 11.6. The number of nitrogens with two attached hydrogens (primary N) is 2. The third-order valence-corrected chi connectivity index (χ3v) is 8.05. The maximum atomic E-state index is 11.0. The van der Waals surface area contributed by atoms with Gasteiger partial charge in [-0.05, 0) is 58.1 Å². The molecule has 0 saturated carbocycles. The van der Waals surface area contributed by atoms with Crippen molar-refractivity contribution in [3.63, 3.8) is 0 Å². The zero-order chi connectivity index (χ0) is 26.8. The molecule has 0 unspecified atom stereocenters. The zero-order valence-electron chi connectivity index (χ0n) is 22.7. The standard InChI is InChI=1S/C27H43N5O2S/c1-26(2,3)21-14-19(15-22(23(21)33)27(4,5)6)34-17-35(8,9)20-12-10-18(11-13-20)16-32(7)25(30)31-24(28)29/h10-15,33H,16-17H2,1-9H3,(H5,28,29,30,31). The Morgan fingerprint density at radius 2 is 1.49 bits per heavy atom. The molecule has 0 aromatic heterocycles. The molecule has 0 aliphatic heterocycles. The molecule has 6 N–H and O–H groups in total. The third kappa shape index (κ3) is 7.56. The van der Waals surface area contributed by atoms with Gasteiger partial charge in [-0.15, -0.1) is 0 Å². The van der Waals surface area contributed by atoms with E-state index in [1.807, 2.05) is 12.1 Å². The van der Waals surface area contributed by atoms with Crippen molar-refractivity contribution in [2.24, 2.45) is 16.5 Å². The van der Waals surface area contributed by atoms with E-state index in [9.17, 15) is 5.11 Å². The first-order chi connectivity index (χ1) is 15.9. The van der Waals surface area contributed by atoms with Gasteiger partial charge in [0.15, 0.2) is 5.96 Å². The minimum atomic E-state index is -1.24. The van der Waals surface area contributed by atoms with Crippen molar-refractivity contribution in [2.45, 2.75) is 63.8 Å². The molecule has 2 rings (SSSR count). The molecule has 0 fully saturated rings. The molecule has 0 saturated heterocycles. The summed E-state index contributed by atoms with van der Waals surface area (Å²) in [5.74, 6) is 1.61. The van der Waals surface area contributed by atoms with Crippen LogP contribution in [0.25, 0.3) is 0 Å². The number of hydrogen-bond acceptors (Lipinski definition) is 3. The number of guanidine groups is 2. The summed E-state index contributed by atoms with van der Waals surface area (Å²) >= 11 is 0. The van der Waals surface area contributed by atoms with Gasteiger partial charge in [-0.3, -0.25) is 5.41 Å². The lowest BCUT2D eigenvalue weighted by atomic mass is 9.79. The Kier molecular flexibility index (Phi) is 8.43. The Morgan fingerprint density at radius 1 is 1.00 bits per heavy atom. The monoisotopic (exact) mass is 501 g/mol. The second kappa shape index (κ2) is 10.4. The van der Waals surface area contributed by atoms with Crippen molar-refractivity contribution in [1.82, 2.24) is 4.90 Å². The fourth-order valence-electron chi connectivity index (χ4n) is 3.64. The second-order valence-corrected chi connectivity index (χ2v) is 15.3. The maximum Gasteiger partial charge on any atom is 0.221 e. The van der Waals surface area contributed by atoms with Crippen LogP contribution in [0, 0.1) is 5.41 Å².